The Labute approximate surface area is 217 Å². The zero-order valence-corrected chi connectivity index (χ0v) is 20.6. The molecule has 8 N–H and O–H groups in total. The number of ether oxygens (including phenoxy) is 6. The van der Waals surface area contributed by atoms with Crippen LogP contribution in [0.1, 0.15) is 5.69 Å². The van der Waals surface area contributed by atoms with Crippen molar-refractivity contribution in [3.05, 3.63) is 11.9 Å². The number of aliphatic hydroxyl groups is 8. The molecule has 2 saturated heterocycles. The summed E-state index contributed by atoms with van der Waals surface area (Å²) >= 11 is 0. The van der Waals surface area contributed by atoms with E-state index in [1.165, 1.54) is 0 Å². The normalized spacial score (nSPS) is 36.0. The van der Waals surface area contributed by atoms with Gasteiger partial charge in [-0.25, -0.2) is 4.68 Å². The van der Waals surface area contributed by atoms with Gasteiger partial charge in [-0.3, -0.25) is 0 Å². The number of aromatic nitrogens is 3. The van der Waals surface area contributed by atoms with Crippen molar-refractivity contribution >= 4 is 0 Å². The predicted molar refractivity (Wildman–Crippen MR) is 120 cm³/mol. The number of hydrogen-bond donors (Lipinski definition) is 8. The molecule has 10 atom stereocenters. The second-order valence-corrected chi connectivity index (χ2v) is 8.73. The van der Waals surface area contributed by atoms with Gasteiger partial charge in [-0.1, -0.05) is 5.21 Å². The highest BCUT2D eigenvalue weighted by molar-refractivity contribution is 4.94. The fourth-order valence-corrected chi connectivity index (χ4v) is 3.92. The molecule has 3 rings (SSSR count). The minimum atomic E-state index is -1.74. The second kappa shape index (κ2) is 15.4. The number of hydrogen-bond acceptors (Lipinski definition) is 16. The minimum Gasteiger partial charge on any atom is -0.394 e. The lowest BCUT2D eigenvalue weighted by atomic mass is 9.97. The first kappa shape index (κ1) is 31.1. The molecule has 2 aliphatic rings. The van der Waals surface area contributed by atoms with Gasteiger partial charge < -0.3 is 69.3 Å². The first-order valence-corrected chi connectivity index (χ1v) is 12.2. The molecule has 38 heavy (non-hydrogen) atoms. The third kappa shape index (κ3) is 8.05. The Morgan fingerprint density at radius 2 is 1.37 bits per heavy atom. The van der Waals surface area contributed by atoms with Crippen LogP contribution in [0.25, 0.3) is 0 Å². The average Bonchev–Trinajstić information content (AvgIpc) is 3.39. The van der Waals surface area contributed by atoms with Gasteiger partial charge in [0.15, 0.2) is 12.6 Å². The first-order chi connectivity index (χ1) is 18.3. The summed E-state index contributed by atoms with van der Waals surface area (Å²) in [6, 6.07) is 0. The molecular weight excluding hydrogens is 518 g/mol. The van der Waals surface area contributed by atoms with Crippen LogP contribution in [0.15, 0.2) is 6.20 Å². The van der Waals surface area contributed by atoms with Crippen molar-refractivity contribution in [3.63, 3.8) is 0 Å². The summed E-state index contributed by atoms with van der Waals surface area (Å²) in [6.07, 6.45) is -13.5. The van der Waals surface area contributed by atoms with E-state index in [-0.39, 0.29) is 26.4 Å². The molecule has 0 spiro atoms. The Bertz CT molecular complexity index is 801. The van der Waals surface area contributed by atoms with Crippen molar-refractivity contribution in [1.82, 2.24) is 15.0 Å². The summed E-state index contributed by atoms with van der Waals surface area (Å²) in [6.45, 7) is -0.0478. The van der Waals surface area contributed by atoms with Crippen molar-refractivity contribution in [2.45, 2.75) is 74.6 Å². The lowest BCUT2D eigenvalue weighted by molar-refractivity contribution is -0.359. The molecule has 0 aliphatic carbocycles. The van der Waals surface area contributed by atoms with Gasteiger partial charge in [-0.2, -0.15) is 0 Å². The molecule has 1 aromatic heterocycles. The Hall–Kier alpha value is -1.42. The molecule has 0 bridgehead atoms. The van der Waals surface area contributed by atoms with E-state index in [0.717, 1.165) is 0 Å². The van der Waals surface area contributed by atoms with Crippen molar-refractivity contribution in [2.75, 3.05) is 46.2 Å². The molecule has 2 fully saturated rings. The van der Waals surface area contributed by atoms with E-state index in [2.05, 4.69) is 10.3 Å². The van der Waals surface area contributed by atoms with Gasteiger partial charge in [-0.05, 0) is 0 Å². The average molecular weight is 556 g/mol. The monoisotopic (exact) mass is 555 g/mol. The van der Waals surface area contributed by atoms with Crippen LogP contribution in [-0.2, 0) is 41.6 Å². The van der Waals surface area contributed by atoms with Gasteiger partial charge in [0.25, 0.3) is 0 Å². The highest BCUT2D eigenvalue weighted by Crippen LogP contribution is 2.29. The molecule has 0 radical (unpaired) electrons. The number of rotatable bonds is 15. The van der Waals surface area contributed by atoms with Crippen molar-refractivity contribution < 1.29 is 69.3 Å². The van der Waals surface area contributed by atoms with Gasteiger partial charge >= 0.3 is 0 Å². The SMILES string of the molecule is OCc1cn(CCOCCOCCO[C@@H]2O[C@H](CO)[C@@H](O[C@@H]3O[C@H](CO)[C@H](O)[C@H](O)[C@H]3O)[C@H](O)[C@H]2O)nn1. The number of aliphatic hydroxyl groups excluding tert-OH is 8. The van der Waals surface area contributed by atoms with E-state index in [4.69, 9.17) is 33.5 Å². The van der Waals surface area contributed by atoms with Crippen LogP contribution in [0.3, 0.4) is 0 Å². The van der Waals surface area contributed by atoms with Crippen LogP contribution in [-0.4, -0.2) is 164 Å². The summed E-state index contributed by atoms with van der Waals surface area (Å²) in [5.41, 5.74) is 0.468. The largest absolute Gasteiger partial charge is 0.394 e. The van der Waals surface area contributed by atoms with Gasteiger partial charge in [0.1, 0.15) is 54.5 Å². The Balaban J connectivity index is 1.35. The van der Waals surface area contributed by atoms with Crippen LogP contribution in [0, 0.1) is 0 Å². The fourth-order valence-electron chi connectivity index (χ4n) is 3.92. The third-order valence-corrected chi connectivity index (χ3v) is 6.05. The van der Waals surface area contributed by atoms with E-state index in [1.807, 2.05) is 0 Å². The summed E-state index contributed by atoms with van der Waals surface area (Å²) in [4.78, 5) is 0. The molecular formula is C21H37N3O14. The van der Waals surface area contributed by atoms with Crippen LogP contribution >= 0.6 is 0 Å². The maximum absolute atomic E-state index is 10.6. The first-order valence-electron chi connectivity index (χ1n) is 12.2. The quantitative estimate of drug-likeness (QED) is 0.0940. The molecule has 0 amide bonds. The fraction of sp³-hybridized carbons (Fsp3) is 0.905. The molecule has 1 aromatic rings. The van der Waals surface area contributed by atoms with E-state index in [9.17, 15) is 35.7 Å². The summed E-state index contributed by atoms with van der Waals surface area (Å²) in [5, 5.41) is 86.5. The third-order valence-electron chi connectivity index (χ3n) is 6.05. The zero-order chi connectivity index (χ0) is 27.7. The van der Waals surface area contributed by atoms with Crippen molar-refractivity contribution in [1.29, 1.82) is 0 Å². The van der Waals surface area contributed by atoms with Crippen LogP contribution in [0.4, 0.5) is 0 Å². The molecule has 2 aliphatic heterocycles. The lowest BCUT2D eigenvalue weighted by Gasteiger charge is -2.45. The second-order valence-electron chi connectivity index (χ2n) is 8.73. The van der Waals surface area contributed by atoms with Gasteiger partial charge in [0, 0.05) is 0 Å². The summed E-state index contributed by atoms with van der Waals surface area (Å²) in [7, 11) is 0. The van der Waals surface area contributed by atoms with Gasteiger partial charge in [0.05, 0.1) is 65.6 Å². The van der Waals surface area contributed by atoms with Gasteiger partial charge in [-0.15, -0.1) is 5.10 Å². The molecule has 0 unspecified atom stereocenters. The standard InChI is InChI=1S/C21H37N3O14/c25-8-11-7-24(23-22-11)1-2-33-3-4-34-5-6-35-20-18(32)16(30)19(13(10-27)37-20)38-21-17(31)15(29)14(28)12(9-26)36-21/h7,12-21,25-32H,1-6,8-10H2/t12-,13-,14+,15+,16-,17-,18-,19-,20-,21+/m1/s1. The zero-order valence-electron chi connectivity index (χ0n) is 20.6. The summed E-state index contributed by atoms with van der Waals surface area (Å²) < 4.78 is 34.0. The molecule has 0 aromatic carbocycles. The van der Waals surface area contributed by atoms with E-state index < -0.39 is 74.6 Å². The maximum Gasteiger partial charge on any atom is 0.187 e. The smallest absolute Gasteiger partial charge is 0.187 e. The Morgan fingerprint density at radius 1 is 0.737 bits per heavy atom. The van der Waals surface area contributed by atoms with Gasteiger partial charge in [0.2, 0.25) is 0 Å². The van der Waals surface area contributed by atoms with E-state index in [1.54, 1.807) is 10.9 Å². The highest BCUT2D eigenvalue weighted by Gasteiger charge is 2.50. The molecule has 17 nitrogen and oxygen atoms in total. The van der Waals surface area contributed by atoms with Crippen LogP contribution in [0.2, 0.25) is 0 Å². The number of nitrogens with zero attached hydrogens (tertiary/aromatic N) is 3. The Morgan fingerprint density at radius 3 is 2.03 bits per heavy atom. The topological polar surface area (TPSA) is 248 Å². The molecule has 0 saturated carbocycles. The molecule has 17 heteroatoms. The predicted octanol–water partition coefficient (Wildman–Crippen LogP) is -5.56. The highest BCUT2D eigenvalue weighted by atomic mass is 16.7. The maximum atomic E-state index is 10.6. The van der Waals surface area contributed by atoms with Crippen LogP contribution < -0.4 is 0 Å². The summed E-state index contributed by atoms with van der Waals surface area (Å²) in [5.74, 6) is 0. The van der Waals surface area contributed by atoms with Crippen molar-refractivity contribution in [2.24, 2.45) is 0 Å². The van der Waals surface area contributed by atoms with Crippen molar-refractivity contribution in [3.8, 4) is 0 Å². The molecule has 3 heterocycles. The lowest BCUT2D eigenvalue weighted by Crippen LogP contribution is -2.64. The van der Waals surface area contributed by atoms with E-state index in [0.29, 0.717) is 25.5 Å². The Kier molecular flexibility index (Phi) is 12.6. The van der Waals surface area contributed by atoms with Crippen LogP contribution in [0.5, 0.6) is 0 Å². The van der Waals surface area contributed by atoms with E-state index >= 15 is 0 Å². The minimum absolute atomic E-state index is 0.0201. The molecule has 220 valence electrons.